The molecular weight excluding hydrogens is 188 g/mol. The lowest BCUT2D eigenvalue weighted by Gasteiger charge is -2.04. The number of aliphatic hydroxyl groups is 1. The molecule has 0 saturated carbocycles. The summed E-state index contributed by atoms with van der Waals surface area (Å²) in [5, 5.41) is 13.2. The quantitative estimate of drug-likeness (QED) is 0.808. The first kappa shape index (κ1) is 9.93. The molecule has 0 aliphatic rings. The van der Waals surface area contributed by atoms with Gasteiger partial charge in [-0.3, -0.25) is 0 Å². The van der Waals surface area contributed by atoms with Crippen LogP contribution in [0.2, 0.25) is 0 Å². The molecule has 2 rings (SSSR count). The van der Waals surface area contributed by atoms with Crippen molar-refractivity contribution in [1.82, 2.24) is 9.78 Å². The van der Waals surface area contributed by atoms with Gasteiger partial charge in [-0.1, -0.05) is 6.07 Å². The van der Waals surface area contributed by atoms with Crippen molar-refractivity contribution in [3.8, 4) is 5.69 Å². The first-order valence-corrected chi connectivity index (χ1v) is 4.94. The molecule has 1 aromatic heterocycles. The van der Waals surface area contributed by atoms with E-state index in [9.17, 15) is 0 Å². The summed E-state index contributed by atoms with van der Waals surface area (Å²) < 4.78 is 1.78. The van der Waals surface area contributed by atoms with Gasteiger partial charge >= 0.3 is 0 Å². The molecule has 0 radical (unpaired) electrons. The zero-order valence-electron chi connectivity index (χ0n) is 8.94. The predicted molar refractivity (Wildman–Crippen MR) is 59.0 cm³/mol. The van der Waals surface area contributed by atoms with Crippen LogP contribution in [0.4, 0.5) is 0 Å². The van der Waals surface area contributed by atoms with Crippen LogP contribution in [-0.4, -0.2) is 14.9 Å². The number of hydrogen-bond donors (Lipinski definition) is 1. The van der Waals surface area contributed by atoms with Gasteiger partial charge < -0.3 is 5.11 Å². The van der Waals surface area contributed by atoms with Gasteiger partial charge in [-0.15, -0.1) is 0 Å². The SMILES string of the molecule is Cc1ccc(-n2ccc(CO)n2)cc1C. The molecule has 0 fully saturated rings. The monoisotopic (exact) mass is 202 g/mol. The fourth-order valence-electron chi connectivity index (χ4n) is 1.46. The Morgan fingerprint density at radius 2 is 2.00 bits per heavy atom. The second-order valence-corrected chi connectivity index (χ2v) is 3.68. The Balaban J connectivity index is 2.40. The molecule has 0 saturated heterocycles. The number of benzene rings is 1. The van der Waals surface area contributed by atoms with E-state index in [-0.39, 0.29) is 6.61 Å². The Hall–Kier alpha value is -1.61. The molecule has 78 valence electrons. The number of hydrogen-bond acceptors (Lipinski definition) is 2. The van der Waals surface area contributed by atoms with Gasteiger partial charge in [-0.2, -0.15) is 5.10 Å². The summed E-state index contributed by atoms with van der Waals surface area (Å²) in [7, 11) is 0. The van der Waals surface area contributed by atoms with E-state index in [4.69, 9.17) is 5.11 Å². The van der Waals surface area contributed by atoms with E-state index in [2.05, 4.69) is 31.1 Å². The van der Waals surface area contributed by atoms with Crippen LogP contribution >= 0.6 is 0 Å². The summed E-state index contributed by atoms with van der Waals surface area (Å²) in [5.41, 5.74) is 4.23. The average Bonchev–Trinajstić information content (AvgIpc) is 2.70. The van der Waals surface area contributed by atoms with Gasteiger partial charge in [0.2, 0.25) is 0 Å². The van der Waals surface area contributed by atoms with Crippen LogP contribution in [0.25, 0.3) is 5.69 Å². The van der Waals surface area contributed by atoms with Crippen molar-refractivity contribution in [3.63, 3.8) is 0 Å². The van der Waals surface area contributed by atoms with Crippen molar-refractivity contribution in [2.24, 2.45) is 0 Å². The van der Waals surface area contributed by atoms with Crippen molar-refractivity contribution in [2.45, 2.75) is 20.5 Å². The van der Waals surface area contributed by atoms with Gasteiger partial charge in [-0.05, 0) is 43.2 Å². The number of aliphatic hydroxyl groups excluding tert-OH is 1. The van der Waals surface area contributed by atoms with Crippen LogP contribution in [0.3, 0.4) is 0 Å². The topological polar surface area (TPSA) is 38.0 Å². The maximum absolute atomic E-state index is 8.92. The van der Waals surface area contributed by atoms with E-state index < -0.39 is 0 Å². The van der Waals surface area contributed by atoms with Crippen molar-refractivity contribution < 1.29 is 5.11 Å². The van der Waals surface area contributed by atoms with Gasteiger partial charge in [-0.25, -0.2) is 4.68 Å². The van der Waals surface area contributed by atoms with Crippen LogP contribution in [0.5, 0.6) is 0 Å². The molecule has 0 aliphatic carbocycles. The van der Waals surface area contributed by atoms with E-state index in [0.717, 1.165) is 5.69 Å². The van der Waals surface area contributed by atoms with Crippen LogP contribution in [0.15, 0.2) is 30.5 Å². The molecule has 2 aromatic rings. The minimum atomic E-state index is -0.0160. The summed E-state index contributed by atoms with van der Waals surface area (Å²) in [6.45, 7) is 4.15. The van der Waals surface area contributed by atoms with Gasteiger partial charge in [0.05, 0.1) is 18.0 Å². The smallest absolute Gasteiger partial charge is 0.0883 e. The van der Waals surface area contributed by atoms with E-state index in [1.54, 1.807) is 4.68 Å². The normalized spacial score (nSPS) is 10.6. The second-order valence-electron chi connectivity index (χ2n) is 3.68. The van der Waals surface area contributed by atoms with Gasteiger partial charge in [0, 0.05) is 6.20 Å². The molecule has 15 heavy (non-hydrogen) atoms. The highest BCUT2D eigenvalue weighted by atomic mass is 16.3. The van der Waals surface area contributed by atoms with Gasteiger partial charge in [0.15, 0.2) is 0 Å². The van der Waals surface area contributed by atoms with E-state index in [0.29, 0.717) is 5.69 Å². The summed E-state index contributed by atoms with van der Waals surface area (Å²) in [5.74, 6) is 0. The lowest BCUT2D eigenvalue weighted by molar-refractivity contribution is 0.276. The van der Waals surface area contributed by atoms with Gasteiger partial charge in [0.25, 0.3) is 0 Å². The van der Waals surface area contributed by atoms with Crippen LogP contribution < -0.4 is 0 Å². The Bertz CT molecular complexity index is 474. The Labute approximate surface area is 89.0 Å². The zero-order valence-corrected chi connectivity index (χ0v) is 8.94. The lowest BCUT2D eigenvalue weighted by atomic mass is 10.1. The van der Waals surface area contributed by atoms with Crippen molar-refractivity contribution in [2.75, 3.05) is 0 Å². The second kappa shape index (κ2) is 3.87. The molecule has 3 nitrogen and oxygen atoms in total. The molecule has 0 spiro atoms. The summed E-state index contributed by atoms with van der Waals surface area (Å²) in [4.78, 5) is 0. The Kier molecular flexibility index (Phi) is 2.56. The molecule has 0 unspecified atom stereocenters. The molecule has 0 atom stereocenters. The molecule has 3 heteroatoms. The minimum absolute atomic E-state index is 0.0160. The molecule has 0 amide bonds. The number of nitrogens with zero attached hydrogens (tertiary/aromatic N) is 2. The molecule has 1 aromatic carbocycles. The van der Waals surface area contributed by atoms with Crippen LogP contribution in [-0.2, 0) is 6.61 Å². The fourth-order valence-corrected chi connectivity index (χ4v) is 1.46. The fraction of sp³-hybridized carbons (Fsp3) is 0.250. The highest BCUT2D eigenvalue weighted by Crippen LogP contribution is 2.13. The third kappa shape index (κ3) is 1.92. The third-order valence-electron chi connectivity index (χ3n) is 2.56. The number of rotatable bonds is 2. The minimum Gasteiger partial charge on any atom is -0.390 e. The third-order valence-corrected chi connectivity index (χ3v) is 2.56. The Morgan fingerprint density at radius 3 is 2.60 bits per heavy atom. The maximum Gasteiger partial charge on any atom is 0.0883 e. The number of aryl methyl sites for hydroxylation is 2. The molecule has 0 bridgehead atoms. The van der Waals surface area contributed by atoms with E-state index in [1.165, 1.54) is 11.1 Å². The highest BCUT2D eigenvalue weighted by Gasteiger charge is 2.01. The first-order chi connectivity index (χ1) is 7.20. The van der Waals surface area contributed by atoms with Crippen molar-refractivity contribution in [3.05, 3.63) is 47.3 Å². The largest absolute Gasteiger partial charge is 0.390 e. The van der Waals surface area contributed by atoms with Crippen LogP contribution in [0.1, 0.15) is 16.8 Å². The van der Waals surface area contributed by atoms with E-state index >= 15 is 0 Å². The average molecular weight is 202 g/mol. The molecular formula is C12H14N2O. The van der Waals surface area contributed by atoms with Gasteiger partial charge in [0.1, 0.15) is 0 Å². The first-order valence-electron chi connectivity index (χ1n) is 4.94. The predicted octanol–water partition coefficient (Wildman–Crippen LogP) is 1.98. The number of aromatic nitrogens is 2. The highest BCUT2D eigenvalue weighted by molar-refractivity contribution is 5.39. The Morgan fingerprint density at radius 1 is 1.20 bits per heavy atom. The van der Waals surface area contributed by atoms with Crippen LogP contribution in [0, 0.1) is 13.8 Å². The van der Waals surface area contributed by atoms with E-state index in [1.807, 2.05) is 18.3 Å². The van der Waals surface area contributed by atoms with Crippen molar-refractivity contribution >= 4 is 0 Å². The molecule has 1 heterocycles. The lowest BCUT2D eigenvalue weighted by Crippen LogP contribution is -1.97. The van der Waals surface area contributed by atoms with Crippen molar-refractivity contribution in [1.29, 1.82) is 0 Å². The standard InChI is InChI=1S/C12H14N2O/c1-9-3-4-12(7-10(9)2)14-6-5-11(8-15)13-14/h3-7,15H,8H2,1-2H3. The summed E-state index contributed by atoms with van der Waals surface area (Å²) in [6, 6.07) is 8.00. The summed E-state index contributed by atoms with van der Waals surface area (Å²) in [6.07, 6.45) is 1.86. The molecule has 1 N–H and O–H groups in total. The molecule has 0 aliphatic heterocycles. The zero-order chi connectivity index (χ0) is 10.8. The maximum atomic E-state index is 8.92. The summed E-state index contributed by atoms with van der Waals surface area (Å²) >= 11 is 0.